The Morgan fingerprint density at radius 1 is 1.25 bits per heavy atom. The normalized spacial score (nSPS) is 32.4. The fourth-order valence-corrected chi connectivity index (χ4v) is 2.20. The van der Waals surface area contributed by atoms with Crippen LogP contribution < -0.4 is 0 Å². The first-order valence-electron chi connectivity index (χ1n) is 6.36. The van der Waals surface area contributed by atoms with E-state index in [1.807, 2.05) is 6.08 Å². The average Bonchev–Trinajstić information content (AvgIpc) is 2.55. The van der Waals surface area contributed by atoms with Crippen LogP contribution in [0.3, 0.4) is 0 Å². The molecule has 3 nitrogen and oxygen atoms in total. The molecular formula is C13H24O3. The Labute approximate surface area is 97.8 Å². The average molecular weight is 228 g/mol. The number of aliphatic hydroxyl groups is 3. The Kier molecular flexibility index (Phi) is 6.03. The van der Waals surface area contributed by atoms with E-state index in [1.54, 1.807) is 6.08 Å². The quantitative estimate of drug-likeness (QED) is 0.478. The summed E-state index contributed by atoms with van der Waals surface area (Å²) < 4.78 is 0. The van der Waals surface area contributed by atoms with Crippen LogP contribution in [-0.2, 0) is 0 Å². The molecule has 0 aromatic carbocycles. The van der Waals surface area contributed by atoms with E-state index in [2.05, 4.69) is 6.92 Å². The summed E-state index contributed by atoms with van der Waals surface area (Å²) in [5.41, 5.74) is 0. The third kappa shape index (κ3) is 4.64. The summed E-state index contributed by atoms with van der Waals surface area (Å²) >= 11 is 0. The van der Waals surface area contributed by atoms with Crippen LogP contribution in [0.2, 0.25) is 0 Å². The molecule has 1 unspecified atom stereocenters. The van der Waals surface area contributed by atoms with Crippen molar-refractivity contribution in [3.05, 3.63) is 12.2 Å². The maximum Gasteiger partial charge on any atom is 0.0721 e. The van der Waals surface area contributed by atoms with E-state index in [-0.39, 0.29) is 12.0 Å². The highest BCUT2D eigenvalue weighted by Gasteiger charge is 2.29. The van der Waals surface area contributed by atoms with Gasteiger partial charge in [-0.25, -0.2) is 0 Å². The molecule has 0 aromatic heterocycles. The lowest BCUT2D eigenvalue weighted by Crippen LogP contribution is -2.11. The van der Waals surface area contributed by atoms with Gasteiger partial charge in [-0.1, -0.05) is 38.3 Å². The molecule has 4 atom stereocenters. The zero-order chi connectivity index (χ0) is 12.0. The molecule has 1 aliphatic carbocycles. The molecule has 1 aliphatic rings. The van der Waals surface area contributed by atoms with E-state index in [4.69, 9.17) is 0 Å². The van der Waals surface area contributed by atoms with Gasteiger partial charge in [-0.15, -0.1) is 0 Å². The maximum atomic E-state index is 9.66. The summed E-state index contributed by atoms with van der Waals surface area (Å²) in [6.45, 7) is 2.14. The predicted molar refractivity (Wildman–Crippen MR) is 64.0 cm³/mol. The number of aliphatic hydroxyl groups excluding tert-OH is 3. The lowest BCUT2D eigenvalue weighted by Gasteiger charge is -2.10. The first-order valence-corrected chi connectivity index (χ1v) is 6.36. The van der Waals surface area contributed by atoms with Gasteiger partial charge in [0.05, 0.1) is 18.3 Å². The maximum absolute atomic E-state index is 9.66. The van der Waals surface area contributed by atoms with Gasteiger partial charge >= 0.3 is 0 Å². The Hall–Kier alpha value is -0.380. The van der Waals surface area contributed by atoms with E-state index in [9.17, 15) is 15.3 Å². The molecule has 3 N–H and O–H groups in total. The van der Waals surface area contributed by atoms with Gasteiger partial charge in [0.1, 0.15) is 0 Å². The molecule has 0 spiro atoms. The monoisotopic (exact) mass is 228 g/mol. The summed E-state index contributed by atoms with van der Waals surface area (Å²) in [5.74, 6) is 0.0100. The molecule has 0 aromatic rings. The minimum atomic E-state index is -0.450. The number of hydrogen-bond acceptors (Lipinski definition) is 3. The highest BCUT2D eigenvalue weighted by molar-refractivity contribution is 5.00. The molecule has 3 heteroatoms. The molecule has 1 saturated carbocycles. The second-order valence-corrected chi connectivity index (χ2v) is 4.80. The van der Waals surface area contributed by atoms with Crippen molar-refractivity contribution >= 4 is 0 Å². The standard InChI is InChI=1S/C13H24O3/c1-2-3-4-5-11(14)7-6-10-8-12(15)9-13(10)16/h6-7,10-16H,2-5,8-9H2,1H3/b7-6+/t10?,11-,12+,13+/m0/s1. The van der Waals surface area contributed by atoms with E-state index < -0.39 is 12.2 Å². The third-order valence-corrected chi connectivity index (χ3v) is 3.24. The van der Waals surface area contributed by atoms with Gasteiger partial charge in [0.15, 0.2) is 0 Å². The largest absolute Gasteiger partial charge is 0.393 e. The minimum Gasteiger partial charge on any atom is -0.393 e. The molecule has 94 valence electrons. The van der Waals surface area contributed by atoms with Gasteiger partial charge in [-0.05, 0) is 19.3 Å². The summed E-state index contributed by atoms with van der Waals surface area (Å²) in [7, 11) is 0. The number of hydrogen-bond donors (Lipinski definition) is 3. The van der Waals surface area contributed by atoms with Crippen LogP contribution in [0.4, 0.5) is 0 Å². The molecule has 0 bridgehead atoms. The van der Waals surface area contributed by atoms with E-state index in [1.165, 1.54) is 0 Å². The third-order valence-electron chi connectivity index (χ3n) is 3.24. The summed E-state index contributed by atoms with van der Waals surface area (Å²) in [6.07, 6.45) is 7.58. The van der Waals surface area contributed by atoms with Crippen molar-refractivity contribution in [1.29, 1.82) is 0 Å². The number of unbranched alkanes of at least 4 members (excludes halogenated alkanes) is 2. The first kappa shape index (κ1) is 13.7. The number of rotatable bonds is 6. The molecule has 1 rings (SSSR count). The van der Waals surface area contributed by atoms with Gasteiger partial charge in [0, 0.05) is 5.92 Å². The second-order valence-electron chi connectivity index (χ2n) is 4.80. The smallest absolute Gasteiger partial charge is 0.0721 e. The van der Waals surface area contributed by atoms with E-state index in [0.717, 1.165) is 25.7 Å². The summed E-state index contributed by atoms with van der Waals surface area (Å²) in [6, 6.07) is 0. The molecule has 0 aliphatic heterocycles. The fraction of sp³-hybridized carbons (Fsp3) is 0.846. The fourth-order valence-electron chi connectivity index (χ4n) is 2.20. The molecule has 16 heavy (non-hydrogen) atoms. The van der Waals surface area contributed by atoms with Crippen molar-refractivity contribution in [3.63, 3.8) is 0 Å². The van der Waals surface area contributed by atoms with E-state index >= 15 is 0 Å². The lowest BCUT2D eigenvalue weighted by molar-refractivity contribution is 0.128. The highest BCUT2D eigenvalue weighted by atomic mass is 16.3. The zero-order valence-electron chi connectivity index (χ0n) is 10.0. The van der Waals surface area contributed by atoms with Gasteiger partial charge in [0.2, 0.25) is 0 Å². The van der Waals surface area contributed by atoms with Crippen molar-refractivity contribution in [3.8, 4) is 0 Å². The summed E-state index contributed by atoms with van der Waals surface area (Å²) in [4.78, 5) is 0. The van der Waals surface area contributed by atoms with Crippen LogP contribution in [0.1, 0.15) is 45.4 Å². The van der Waals surface area contributed by atoms with Crippen LogP contribution in [0.15, 0.2) is 12.2 Å². The Morgan fingerprint density at radius 2 is 2.00 bits per heavy atom. The van der Waals surface area contributed by atoms with Crippen molar-refractivity contribution in [2.45, 2.75) is 63.8 Å². The Bertz CT molecular complexity index is 215. The minimum absolute atomic E-state index is 0.0100. The van der Waals surface area contributed by atoms with Crippen molar-refractivity contribution in [2.24, 2.45) is 5.92 Å². The SMILES string of the molecule is CCCCC[C@H](O)/C=C/C1C[C@@H](O)C[C@H]1O. The Morgan fingerprint density at radius 3 is 2.56 bits per heavy atom. The lowest BCUT2D eigenvalue weighted by atomic mass is 10.0. The first-order chi connectivity index (χ1) is 7.63. The molecule has 1 fully saturated rings. The van der Waals surface area contributed by atoms with Crippen LogP contribution in [-0.4, -0.2) is 33.6 Å². The van der Waals surface area contributed by atoms with Gasteiger partial charge in [-0.2, -0.15) is 0 Å². The highest BCUT2D eigenvalue weighted by Crippen LogP contribution is 2.27. The van der Waals surface area contributed by atoms with Crippen LogP contribution in [0.25, 0.3) is 0 Å². The van der Waals surface area contributed by atoms with Crippen LogP contribution >= 0.6 is 0 Å². The van der Waals surface area contributed by atoms with Crippen molar-refractivity contribution in [1.82, 2.24) is 0 Å². The second kappa shape index (κ2) is 7.05. The van der Waals surface area contributed by atoms with Gasteiger partial charge < -0.3 is 15.3 Å². The van der Waals surface area contributed by atoms with Crippen molar-refractivity contribution in [2.75, 3.05) is 0 Å². The van der Waals surface area contributed by atoms with Crippen LogP contribution in [0.5, 0.6) is 0 Å². The zero-order valence-corrected chi connectivity index (χ0v) is 10.0. The Balaban J connectivity index is 2.24. The van der Waals surface area contributed by atoms with Gasteiger partial charge in [0.25, 0.3) is 0 Å². The van der Waals surface area contributed by atoms with E-state index in [0.29, 0.717) is 12.8 Å². The topological polar surface area (TPSA) is 60.7 Å². The molecule has 0 heterocycles. The predicted octanol–water partition coefficient (Wildman–Crippen LogP) is 1.62. The molecular weight excluding hydrogens is 204 g/mol. The summed E-state index contributed by atoms with van der Waals surface area (Å²) in [5, 5.41) is 28.6. The van der Waals surface area contributed by atoms with Crippen molar-refractivity contribution < 1.29 is 15.3 Å². The van der Waals surface area contributed by atoms with Crippen LogP contribution in [0, 0.1) is 5.92 Å². The van der Waals surface area contributed by atoms with Gasteiger partial charge in [-0.3, -0.25) is 0 Å². The molecule has 0 saturated heterocycles. The molecule has 0 amide bonds. The molecule has 0 radical (unpaired) electrons.